The van der Waals surface area contributed by atoms with Crippen molar-refractivity contribution in [3.63, 3.8) is 0 Å². The third-order valence-corrected chi connectivity index (χ3v) is 4.57. The second-order valence-electron chi connectivity index (χ2n) is 6.63. The van der Waals surface area contributed by atoms with Gasteiger partial charge in [0.2, 0.25) is 5.91 Å². The summed E-state index contributed by atoms with van der Waals surface area (Å²) in [6.45, 7) is 4.06. The number of aromatic nitrogens is 3. The number of carbonyl (C=O) groups excluding carboxylic acids is 1. The van der Waals surface area contributed by atoms with Gasteiger partial charge < -0.3 is 9.73 Å². The molecule has 1 aromatic carbocycles. The minimum Gasteiger partial charge on any atom is -0.408 e. The van der Waals surface area contributed by atoms with Gasteiger partial charge in [0.25, 0.3) is 0 Å². The molecule has 128 valence electrons. The lowest BCUT2D eigenvalue weighted by atomic mass is 9.87. The van der Waals surface area contributed by atoms with E-state index < -0.39 is 5.76 Å². The van der Waals surface area contributed by atoms with E-state index in [-0.39, 0.29) is 17.7 Å². The zero-order valence-corrected chi connectivity index (χ0v) is 14.2. The first-order chi connectivity index (χ1) is 11.9. The second kappa shape index (κ2) is 5.54. The molecule has 3 aromatic rings. The summed E-state index contributed by atoms with van der Waals surface area (Å²) in [5.74, 6) is 0.252. The van der Waals surface area contributed by atoms with Crippen LogP contribution in [-0.4, -0.2) is 20.4 Å². The van der Waals surface area contributed by atoms with Crippen LogP contribution in [0.25, 0.3) is 11.1 Å². The zero-order valence-electron chi connectivity index (χ0n) is 14.2. The highest BCUT2D eigenvalue weighted by Gasteiger charge is 2.29. The zero-order chi connectivity index (χ0) is 17.7. The summed E-state index contributed by atoms with van der Waals surface area (Å²) in [4.78, 5) is 32.9. The fourth-order valence-electron chi connectivity index (χ4n) is 3.21. The molecule has 25 heavy (non-hydrogen) atoms. The summed E-state index contributed by atoms with van der Waals surface area (Å²) in [5, 5.41) is 2.89. The van der Waals surface area contributed by atoms with Crippen molar-refractivity contribution in [2.45, 2.75) is 32.1 Å². The van der Waals surface area contributed by atoms with Gasteiger partial charge >= 0.3 is 5.76 Å². The molecule has 0 fully saturated rings. The van der Waals surface area contributed by atoms with Gasteiger partial charge in [-0.05, 0) is 23.8 Å². The molecule has 0 spiro atoms. The van der Waals surface area contributed by atoms with E-state index in [1.807, 2.05) is 26.0 Å². The molecule has 1 aliphatic heterocycles. The van der Waals surface area contributed by atoms with Crippen molar-refractivity contribution < 1.29 is 9.21 Å². The van der Waals surface area contributed by atoms with Crippen molar-refractivity contribution in [2.24, 2.45) is 7.05 Å². The van der Waals surface area contributed by atoms with Crippen LogP contribution in [0.15, 0.2) is 33.6 Å². The number of amides is 1. The highest BCUT2D eigenvalue weighted by atomic mass is 16.4. The molecule has 4 rings (SSSR count). The van der Waals surface area contributed by atoms with Crippen molar-refractivity contribution in [1.29, 1.82) is 0 Å². The van der Waals surface area contributed by atoms with Crippen LogP contribution in [0.3, 0.4) is 0 Å². The van der Waals surface area contributed by atoms with Gasteiger partial charge in [-0.1, -0.05) is 13.8 Å². The van der Waals surface area contributed by atoms with Crippen LogP contribution in [0.4, 0.5) is 5.69 Å². The third kappa shape index (κ3) is 2.52. The highest BCUT2D eigenvalue weighted by Crippen LogP contribution is 2.38. The van der Waals surface area contributed by atoms with Crippen LogP contribution in [0.1, 0.15) is 49.2 Å². The van der Waals surface area contributed by atoms with E-state index in [4.69, 9.17) is 4.42 Å². The number of nitrogens with one attached hydrogen (secondary N) is 1. The summed E-state index contributed by atoms with van der Waals surface area (Å²) in [6, 6.07) is 5.45. The Kier molecular flexibility index (Phi) is 3.45. The standard InChI is InChI=1S/C18H18N4O3/c1-9(2)17-19-5-4-12(21-17)11-7-16(23)20-13-8-14-15(6-10(11)13)25-18(24)22(14)3/h4-6,8-9,11H,7H2,1-3H3,(H,20,23)/t11-/m0/s1. The predicted octanol–water partition coefficient (Wildman–Crippen LogP) is 2.52. The summed E-state index contributed by atoms with van der Waals surface area (Å²) in [7, 11) is 1.64. The number of hydrogen-bond donors (Lipinski definition) is 1. The van der Waals surface area contributed by atoms with E-state index in [1.54, 1.807) is 19.3 Å². The molecule has 1 aliphatic rings. The fraction of sp³-hybridized carbons (Fsp3) is 0.333. The van der Waals surface area contributed by atoms with Crippen molar-refractivity contribution in [3.05, 3.63) is 52.0 Å². The minimum absolute atomic E-state index is 0.0740. The molecule has 0 radical (unpaired) electrons. The van der Waals surface area contributed by atoms with Crippen LogP contribution < -0.4 is 11.1 Å². The molecule has 0 aliphatic carbocycles. The van der Waals surface area contributed by atoms with E-state index in [9.17, 15) is 9.59 Å². The van der Waals surface area contributed by atoms with E-state index >= 15 is 0 Å². The summed E-state index contributed by atoms with van der Waals surface area (Å²) in [5.41, 5.74) is 3.54. The normalized spacial score (nSPS) is 17.0. The molecular weight excluding hydrogens is 320 g/mol. The molecule has 0 saturated heterocycles. The molecule has 1 N–H and O–H groups in total. The van der Waals surface area contributed by atoms with Gasteiger partial charge in [0.15, 0.2) is 5.58 Å². The lowest BCUT2D eigenvalue weighted by Crippen LogP contribution is -2.24. The smallest absolute Gasteiger partial charge is 0.408 e. The number of oxazole rings is 1. The Labute approximate surface area is 143 Å². The summed E-state index contributed by atoms with van der Waals surface area (Å²) in [6.07, 6.45) is 2.02. The van der Waals surface area contributed by atoms with Crippen molar-refractivity contribution in [1.82, 2.24) is 14.5 Å². The van der Waals surface area contributed by atoms with Gasteiger partial charge in [-0.3, -0.25) is 9.36 Å². The number of hydrogen-bond acceptors (Lipinski definition) is 5. The lowest BCUT2D eigenvalue weighted by Gasteiger charge is -2.25. The Balaban J connectivity index is 1.90. The maximum absolute atomic E-state index is 12.2. The van der Waals surface area contributed by atoms with Crippen LogP contribution in [0.2, 0.25) is 0 Å². The van der Waals surface area contributed by atoms with Crippen molar-refractivity contribution >= 4 is 22.7 Å². The number of anilines is 1. The average molecular weight is 338 g/mol. The van der Waals surface area contributed by atoms with E-state index in [0.29, 0.717) is 23.2 Å². The maximum Gasteiger partial charge on any atom is 0.419 e. The van der Waals surface area contributed by atoms with Gasteiger partial charge in [0.1, 0.15) is 5.82 Å². The first-order valence-corrected chi connectivity index (χ1v) is 8.20. The quantitative estimate of drug-likeness (QED) is 0.775. The predicted molar refractivity (Wildman–Crippen MR) is 92.7 cm³/mol. The molecule has 0 bridgehead atoms. The molecule has 1 atom stereocenters. The number of aryl methyl sites for hydroxylation is 1. The summed E-state index contributed by atoms with van der Waals surface area (Å²) < 4.78 is 6.72. The van der Waals surface area contributed by atoms with Gasteiger partial charge in [-0.2, -0.15) is 0 Å². The highest BCUT2D eigenvalue weighted by molar-refractivity contribution is 5.97. The van der Waals surface area contributed by atoms with Crippen LogP contribution in [-0.2, 0) is 11.8 Å². The lowest BCUT2D eigenvalue weighted by molar-refractivity contribution is -0.116. The first-order valence-electron chi connectivity index (χ1n) is 8.20. The van der Waals surface area contributed by atoms with Crippen molar-refractivity contribution in [3.8, 4) is 0 Å². The van der Waals surface area contributed by atoms with Crippen LogP contribution in [0.5, 0.6) is 0 Å². The topological polar surface area (TPSA) is 90.0 Å². The Bertz CT molecular complexity index is 1050. The number of benzene rings is 1. The second-order valence-corrected chi connectivity index (χ2v) is 6.63. The average Bonchev–Trinajstić information content (AvgIpc) is 2.86. The molecule has 0 unspecified atom stereocenters. The summed E-state index contributed by atoms with van der Waals surface area (Å²) >= 11 is 0. The number of nitrogens with zero attached hydrogens (tertiary/aromatic N) is 3. The molecule has 0 saturated carbocycles. The SMILES string of the molecule is CC(C)c1nccc([C@H]2CC(=O)Nc3cc4c(cc32)oc(=O)n4C)n1. The van der Waals surface area contributed by atoms with Gasteiger partial charge in [0, 0.05) is 37.2 Å². The first kappa shape index (κ1) is 15.6. The number of rotatable bonds is 2. The minimum atomic E-state index is -0.427. The van der Waals surface area contributed by atoms with Crippen LogP contribution in [0, 0.1) is 0 Å². The van der Waals surface area contributed by atoms with Gasteiger partial charge in [-0.25, -0.2) is 14.8 Å². The van der Waals surface area contributed by atoms with Gasteiger partial charge in [0.05, 0.1) is 11.2 Å². The molecule has 2 aromatic heterocycles. The molecule has 1 amide bonds. The Morgan fingerprint density at radius 3 is 2.88 bits per heavy atom. The Hall–Kier alpha value is -2.96. The van der Waals surface area contributed by atoms with E-state index in [2.05, 4.69) is 15.3 Å². The number of carbonyl (C=O) groups is 1. The number of fused-ring (bicyclic) bond motifs is 2. The maximum atomic E-state index is 12.2. The van der Waals surface area contributed by atoms with E-state index in [0.717, 1.165) is 17.1 Å². The fourth-order valence-corrected chi connectivity index (χ4v) is 3.21. The Morgan fingerprint density at radius 2 is 2.12 bits per heavy atom. The molecule has 7 nitrogen and oxygen atoms in total. The molecule has 3 heterocycles. The van der Waals surface area contributed by atoms with Gasteiger partial charge in [-0.15, -0.1) is 0 Å². The molecule has 7 heteroatoms. The van der Waals surface area contributed by atoms with Crippen molar-refractivity contribution in [2.75, 3.05) is 5.32 Å². The Morgan fingerprint density at radius 1 is 1.32 bits per heavy atom. The monoisotopic (exact) mass is 338 g/mol. The largest absolute Gasteiger partial charge is 0.419 e. The van der Waals surface area contributed by atoms with E-state index in [1.165, 1.54) is 4.57 Å². The third-order valence-electron chi connectivity index (χ3n) is 4.57. The molecular formula is C18H18N4O3. The van der Waals surface area contributed by atoms with Crippen LogP contribution >= 0.6 is 0 Å².